The fraction of sp³-hybridized carbons (Fsp3) is 0.379. The summed E-state index contributed by atoms with van der Waals surface area (Å²) in [6, 6.07) is 10.6. The number of aryl methyl sites for hydroxylation is 1. The lowest BCUT2D eigenvalue weighted by molar-refractivity contribution is 0.0528. The number of hydrogen-bond acceptors (Lipinski definition) is 9. The molecule has 0 unspecified atom stereocenters. The number of ether oxygens (including phenoxy) is 2. The minimum Gasteiger partial charge on any atom is -0.444 e. The average molecular weight is 529 g/mol. The lowest BCUT2D eigenvalue weighted by Crippen LogP contribution is -2.37. The molecule has 202 valence electrons. The molecule has 0 bridgehead atoms. The van der Waals surface area contributed by atoms with Crippen molar-refractivity contribution < 1.29 is 19.1 Å². The summed E-state index contributed by atoms with van der Waals surface area (Å²) in [5, 5.41) is 12.2. The molecule has 1 saturated heterocycles. The van der Waals surface area contributed by atoms with E-state index in [1.165, 1.54) is 0 Å². The highest BCUT2D eigenvalue weighted by Gasteiger charge is 2.21. The Morgan fingerprint density at radius 2 is 1.85 bits per heavy atom. The van der Waals surface area contributed by atoms with Crippen molar-refractivity contribution in [3.63, 3.8) is 0 Å². The fourth-order valence-electron chi connectivity index (χ4n) is 4.13. The standard InChI is InChI=1S/C29H32N6O4/c1-19-13-22(15-25(34-19)35-9-11-38-12-10-35)26(36)24-14-20(16-30)5-6-23(24)27-32-17-21(18-33-27)7-8-31-28(37)39-29(2,3)4/h5-6,13-15,17-18H,7-12H2,1-4H3,(H,31,37). The molecule has 0 atom stereocenters. The summed E-state index contributed by atoms with van der Waals surface area (Å²) in [4.78, 5) is 41.3. The molecule has 39 heavy (non-hydrogen) atoms. The Morgan fingerprint density at radius 1 is 1.13 bits per heavy atom. The molecule has 1 fully saturated rings. The van der Waals surface area contributed by atoms with Crippen LogP contribution in [0.4, 0.5) is 10.6 Å². The Balaban J connectivity index is 1.55. The van der Waals surface area contributed by atoms with Crippen LogP contribution in [0.5, 0.6) is 0 Å². The van der Waals surface area contributed by atoms with Crippen LogP contribution in [0.2, 0.25) is 0 Å². The molecule has 4 rings (SSSR count). The van der Waals surface area contributed by atoms with Crippen molar-refractivity contribution in [3.8, 4) is 17.5 Å². The van der Waals surface area contributed by atoms with E-state index in [9.17, 15) is 14.9 Å². The number of amides is 1. The molecule has 0 radical (unpaired) electrons. The quantitative estimate of drug-likeness (QED) is 0.454. The van der Waals surface area contributed by atoms with E-state index in [1.54, 1.807) is 63.5 Å². The molecule has 1 N–H and O–H groups in total. The van der Waals surface area contributed by atoms with Gasteiger partial charge in [0.25, 0.3) is 0 Å². The summed E-state index contributed by atoms with van der Waals surface area (Å²) in [5.74, 6) is 0.849. The van der Waals surface area contributed by atoms with Crippen LogP contribution in [0.25, 0.3) is 11.4 Å². The van der Waals surface area contributed by atoms with Gasteiger partial charge < -0.3 is 19.7 Å². The summed E-state index contributed by atoms with van der Waals surface area (Å²) in [7, 11) is 0. The fourth-order valence-corrected chi connectivity index (χ4v) is 4.13. The van der Waals surface area contributed by atoms with E-state index in [4.69, 9.17) is 9.47 Å². The number of morpholine rings is 1. The topological polar surface area (TPSA) is 130 Å². The van der Waals surface area contributed by atoms with Crippen molar-refractivity contribution in [2.24, 2.45) is 0 Å². The largest absolute Gasteiger partial charge is 0.444 e. The number of nitriles is 1. The highest BCUT2D eigenvalue weighted by molar-refractivity contribution is 6.13. The lowest BCUT2D eigenvalue weighted by atomic mass is 9.95. The minimum atomic E-state index is -0.565. The van der Waals surface area contributed by atoms with Crippen LogP contribution < -0.4 is 10.2 Å². The maximum Gasteiger partial charge on any atom is 0.407 e. The van der Waals surface area contributed by atoms with E-state index in [2.05, 4.69) is 31.2 Å². The maximum atomic E-state index is 13.8. The zero-order chi connectivity index (χ0) is 28.0. The van der Waals surface area contributed by atoms with Crippen LogP contribution in [-0.2, 0) is 15.9 Å². The Bertz CT molecular complexity index is 1390. The number of ketones is 1. The number of rotatable bonds is 7. The number of hydrogen-bond donors (Lipinski definition) is 1. The SMILES string of the molecule is Cc1cc(C(=O)c2cc(C#N)ccc2-c2ncc(CCNC(=O)OC(C)(C)C)cn2)cc(N2CCOCC2)n1. The van der Waals surface area contributed by atoms with Crippen molar-refractivity contribution in [1.29, 1.82) is 5.26 Å². The van der Waals surface area contributed by atoms with Crippen LogP contribution in [0.15, 0.2) is 42.7 Å². The van der Waals surface area contributed by atoms with Gasteiger partial charge in [0.05, 0.1) is 24.8 Å². The van der Waals surface area contributed by atoms with Crippen LogP contribution >= 0.6 is 0 Å². The molecule has 0 spiro atoms. The number of carbonyl (C=O) groups excluding carboxylic acids is 2. The number of carbonyl (C=O) groups is 2. The van der Waals surface area contributed by atoms with E-state index in [0.29, 0.717) is 67.3 Å². The third-order valence-electron chi connectivity index (χ3n) is 5.96. The van der Waals surface area contributed by atoms with Gasteiger partial charge in [-0.05, 0) is 70.0 Å². The summed E-state index contributed by atoms with van der Waals surface area (Å²) in [6.45, 7) is 10.3. The predicted octanol–water partition coefficient (Wildman–Crippen LogP) is 3.85. The molecule has 1 amide bonds. The Hall–Kier alpha value is -4.36. The van der Waals surface area contributed by atoms with Crippen LogP contribution in [0.3, 0.4) is 0 Å². The number of anilines is 1. The van der Waals surface area contributed by atoms with E-state index >= 15 is 0 Å². The molecule has 1 aliphatic heterocycles. The summed E-state index contributed by atoms with van der Waals surface area (Å²) >= 11 is 0. The molecule has 10 nitrogen and oxygen atoms in total. The van der Waals surface area contributed by atoms with Gasteiger partial charge in [-0.2, -0.15) is 5.26 Å². The summed E-state index contributed by atoms with van der Waals surface area (Å²) in [6.07, 6.45) is 3.36. The first-order chi connectivity index (χ1) is 18.6. The molecule has 3 aromatic rings. The number of benzene rings is 1. The highest BCUT2D eigenvalue weighted by Crippen LogP contribution is 2.26. The van der Waals surface area contributed by atoms with Gasteiger partial charge in [0, 0.05) is 54.4 Å². The molecular formula is C29H32N6O4. The minimum absolute atomic E-state index is 0.239. The predicted molar refractivity (Wildman–Crippen MR) is 146 cm³/mol. The van der Waals surface area contributed by atoms with Crippen molar-refractivity contribution in [2.45, 2.75) is 39.7 Å². The maximum absolute atomic E-state index is 13.8. The number of pyridine rings is 1. The van der Waals surface area contributed by atoms with Crippen molar-refractivity contribution >= 4 is 17.7 Å². The second-order valence-corrected chi connectivity index (χ2v) is 10.2. The molecule has 10 heteroatoms. The number of nitrogens with zero attached hydrogens (tertiary/aromatic N) is 5. The van der Waals surface area contributed by atoms with Crippen LogP contribution in [0.1, 0.15) is 53.5 Å². The van der Waals surface area contributed by atoms with E-state index < -0.39 is 11.7 Å². The number of nitrogens with one attached hydrogen (secondary N) is 1. The van der Waals surface area contributed by atoms with E-state index in [-0.39, 0.29) is 5.78 Å². The molecule has 0 saturated carbocycles. The molecular weight excluding hydrogens is 496 g/mol. The summed E-state index contributed by atoms with van der Waals surface area (Å²) < 4.78 is 10.7. The van der Waals surface area contributed by atoms with Crippen molar-refractivity contribution in [1.82, 2.24) is 20.3 Å². The van der Waals surface area contributed by atoms with Gasteiger partial charge in [-0.15, -0.1) is 0 Å². The molecule has 1 aromatic carbocycles. The van der Waals surface area contributed by atoms with Gasteiger partial charge in [0.2, 0.25) is 0 Å². The molecule has 0 aliphatic carbocycles. The second-order valence-electron chi connectivity index (χ2n) is 10.2. The normalized spacial score (nSPS) is 13.5. The molecule has 1 aliphatic rings. The third kappa shape index (κ3) is 7.36. The van der Waals surface area contributed by atoms with E-state index in [0.717, 1.165) is 17.1 Å². The average Bonchev–Trinajstić information content (AvgIpc) is 2.92. The van der Waals surface area contributed by atoms with Gasteiger partial charge in [0.15, 0.2) is 11.6 Å². The van der Waals surface area contributed by atoms with Crippen molar-refractivity contribution in [2.75, 3.05) is 37.7 Å². The van der Waals surface area contributed by atoms with Gasteiger partial charge >= 0.3 is 6.09 Å². The zero-order valence-corrected chi connectivity index (χ0v) is 22.7. The van der Waals surface area contributed by atoms with Gasteiger partial charge in [0.1, 0.15) is 11.4 Å². The summed E-state index contributed by atoms with van der Waals surface area (Å²) in [5.41, 5.74) is 2.68. The molecule has 2 aromatic heterocycles. The van der Waals surface area contributed by atoms with Gasteiger partial charge in [-0.3, -0.25) is 4.79 Å². The number of aromatic nitrogens is 3. The first-order valence-electron chi connectivity index (χ1n) is 12.8. The van der Waals surface area contributed by atoms with Gasteiger partial charge in [-0.25, -0.2) is 19.7 Å². The van der Waals surface area contributed by atoms with Crippen LogP contribution in [-0.4, -0.2) is 65.3 Å². The van der Waals surface area contributed by atoms with Crippen LogP contribution in [0, 0.1) is 18.3 Å². The van der Waals surface area contributed by atoms with Gasteiger partial charge in [-0.1, -0.05) is 0 Å². The van der Waals surface area contributed by atoms with E-state index in [1.807, 2.05) is 6.92 Å². The first kappa shape index (κ1) is 27.7. The monoisotopic (exact) mass is 528 g/mol. The highest BCUT2D eigenvalue weighted by atomic mass is 16.6. The third-order valence-corrected chi connectivity index (χ3v) is 5.96. The smallest absolute Gasteiger partial charge is 0.407 e. The Kier molecular flexibility index (Phi) is 8.52. The molecule has 3 heterocycles. The van der Waals surface area contributed by atoms with Crippen molar-refractivity contribution in [3.05, 3.63) is 70.7 Å². The second kappa shape index (κ2) is 12.0. The Morgan fingerprint density at radius 3 is 2.51 bits per heavy atom. The lowest BCUT2D eigenvalue weighted by Gasteiger charge is -2.28. The zero-order valence-electron chi connectivity index (χ0n) is 22.7. The number of alkyl carbamates (subject to hydrolysis) is 1. The Labute approximate surface area is 228 Å². The first-order valence-corrected chi connectivity index (χ1v) is 12.8.